The highest BCUT2D eigenvalue weighted by Gasteiger charge is 2.41. The summed E-state index contributed by atoms with van der Waals surface area (Å²) in [7, 11) is 0. The van der Waals surface area contributed by atoms with E-state index < -0.39 is 147 Å². The van der Waals surface area contributed by atoms with Crippen LogP contribution in [0.4, 0.5) is 0 Å². The number of phenolic OH excluding ortho intramolecular Hbond substituents is 4. The van der Waals surface area contributed by atoms with Crippen LogP contribution >= 0.6 is 23.2 Å². The van der Waals surface area contributed by atoms with Gasteiger partial charge in [-0.05, 0) is 76.9 Å². The van der Waals surface area contributed by atoms with Crippen LogP contribution in [-0.4, -0.2) is 95.3 Å². The second-order valence-electron chi connectivity index (χ2n) is 16.5. The summed E-state index contributed by atoms with van der Waals surface area (Å²) in [5.41, 5.74) is 9.44. The number of nitrogens with two attached hydrogens (primary N) is 2. The van der Waals surface area contributed by atoms with Gasteiger partial charge in [0, 0.05) is 22.8 Å². The van der Waals surface area contributed by atoms with Gasteiger partial charge in [0.25, 0.3) is 0 Å². The van der Waals surface area contributed by atoms with Crippen molar-refractivity contribution in [3.05, 3.63) is 117 Å². The maximum atomic E-state index is 15.1. The summed E-state index contributed by atoms with van der Waals surface area (Å²) in [4.78, 5) is 97.4. The lowest BCUT2D eigenvalue weighted by Crippen LogP contribution is -2.56. The number of carbonyl (C=O) groups excluding carboxylic acids is 6. The van der Waals surface area contributed by atoms with Crippen LogP contribution in [0.15, 0.2) is 78.9 Å². The third kappa shape index (κ3) is 9.67. The topological polar surface area (TPSA) is 392 Å². The van der Waals surface area contributed by atoms with Crippen LogP contribution in [0.25, 0.3) is 11.1 Å². The van der Waals surface area contributed by atoms with Crippen LogP contribution in [0.5, 0.6) is 46.0 Å². The molecule has 0 saturated carbocycles. The van der Waals surface area contributed by atoms with Crippen molar-refractivity contribution < 1.29 is 78.8 Å². The number of hydrogen-bond donors (Lipinski definition) is 14. The first kappa shape index (κ1) is 49.1. The van der Waals surface area contributed by atoms with Crippen LogP contribution in [0.3, 0.4) is 0 Å². The number of hydrogen-bond acceptors (Lipinski definition) is 16. The monoisotopic (exact) mass is 1020 g/mol. The number of ether oxygens (including phenoxy) is 2. The third-order valence-corrected chi connectivity index (χ3v) is 12.3. The van der Waals surface area contributed by atoms with Gasteiger partial charge in [-0.3, -0.25) is 28.8 Å². The van der Waals surface area contributed by atoms with E-state index in [2.05, 4.69) is 26.6 Å². The number of aliphatic hydroxyl groups is 2. The van der Waals surface area contributed by atoms with Crippen molar-refractivity contribution in [3.8, 4) is 57.1 Å². The van der Waals surface area contributed by atoms with Crippen LogP contribution in [0, 0.1) is 0 Å². The number of primary amides is 1. The lowest BCUT2D eigenvalue weighted by molar-refractivity contribution is -0.143. The fourth-order valence-electron chi connectivity index (χ4n) is 8.14. The number of amides is 6. The van der Waals surface area contributed by atoms with E-state index in [9.17, 15) is 64.5 Å². The molecule has 23 nitrogen and oxygen atoms in total. The van der Waals surface area contributed by atoms with E-state index in [0.29, 0.717) is 0 Å². The molecule has 0 radical (unpaired) electrons. The van der Waals surface area contributed by atoms with Crippen molar-refractivity contribution in [1.29, 1.82) is 0 Å². The largest absolute Gasteiger partial charge is 0.508 e. The van der Waals surface area contributed by atoms with Gasteiger partial charge in [0.05, 0.1) is 16.5 Å². The minimum atomic E-state index is -2.16. The van der Waals surface area contributed by atoms with E-state index in [1.807, 2.05) is 0 Å². The summed E-state index contributed by atoms with van der Waals surface area (Å²) in [6, 6.07) is 1.94. The Labute approximate surface area is 408 Å². The highest BCUT2D eigenvalue weighted by Crippen LogP contribution is 2.47. The molecule has 0 saturated heterocycles. The van der Waals surface area contributed by atoms with Crippen LogP contribution in [0.1, 0.15) is 64.6 Å². The Balaban J connectivity index is 1.39. The van der Waals surface area contributed by atoms with Gasteiger partial charge in [0.2, 0.25) is 41.2 Å². The minimum Gasteiger partial charge on any atom is -0.508 e. The number of aromatic hydroxyl groups is 4. The van der Waals surface area contributed by atoms with Crippen LogP contribution in [0.2, 0.25) is 10.0 Å². The summed E-state index contributed by atoms with van der Waals surface area (Å²) >= 11 is 13.3. The number of carbonyl (C=O) groups is 7. The minimum absolute atomic E-state index is 0.00341. The van der Waals surface area contributed by atoms with Crippen molar-refractivity contribution in [2.75, 3.05) is 0 Å². The zero-order valence-electron chi connectivity index (χ0n) is 36.0. The van der Waals surface area contributed by atoms with Crippen molar-refractivity contribution in [1.82, 2.24) is 26.6 Å². The molecule has 5 aliphatic heterocycles. The SMILES string of the molecule is NC(=O)C[C@@H]1NC(=O)[C@H](N)[C@H](O)c2ccc(c(Cl)c2)Oc2cc3cc(c2O)Oc2ccc(cc2Cl)[C@@H](O)[C@@H]2NC(=O)[C@H](NC(=O)[C@@H]3NC1=O)c1ccc(O)c(c1)-c1c(O)cc(O)cc1[C@@H](C(=O)O)NC2=O. The number of rotatable bonds is 3. The van der Waals surface area contributed by atoms with Crippen molar-refractivity contribution in [3.63, 3.8) is 0 Å². The Morgan fingerprint density at radius 1 is 0.592 bits per heavy atom. The molecule has 0 aliphatic carbocycles. The molecule has 0 spiro atoms. The zero-order chi connectivity index (χ0) is 51.3. The molecule has 5 aromatic carbocycles. The van der Waals surface area contributed by atoms with Crippen LogP contribution < -0.4 is 47.5 Å². The highest BCUT2D eigenvalue weighted by atomic mass is 35.5. The fourth-order valence-corrected chi connectivity index (χ4v) is 8.59. The number of aliphatic hydroxyl groups excluding tert-OH is 2. The van der Waals surface area contributed by atoms with Crippen molar-refractivity contribution in [2.45, 2.75) is 54.9 Å². The molecular weight excluding hydrogens is 977 g/mol. The first-order valence-corrected chi connectivity index (χ1v) is 21.7. The predicted octanol–water partition coefficient (Wildman–Crippen LogP) is 1.60. The molecule has 25 heteroatoms. The van der Waals surface area contributed by atoms with Gasteiger partial charge in [-0.2, -0.15) is 0 Å². The Morgan fingerprint density at radius 2 is 1.15 bits per heavy atom. The van der Waals surface area contributed by atoms with Gasteiger partial charge in [0.1, 0.15) is 71.2 Å². The Kier molecular flexibility index (Phi) is 13.3. The smallest absolute Gasteiger partial charge is 0.330 e. The van der Waals surface area contributed by atoms with Gasteiger partial charge in [-0.25, -0.2) is 4.79 Å². The maximum Gasteiger partial charge on any atom is 0.330 e. The number of carboxylic acid groups (broad SMARTS) is 1. The summed E-state index contributed by atoms with van der Waals surface area (Å²) in [6.07, 6.45) is -4.79. The third-order valence-electron chi connectivity index (χ3n) is 11.7. The summed E-state index contributed by atoms with van der Waals surface area (Å²) in [5, 5.41) is 89.3. The molecule has 16 N–H and O–H groups in total. The Bertz CT molecular complexity index is 3100. The molecule has 5 heterocycles. The van der Waals surface area contributed by atoms with E-state index in [4.69, 9.17) is 44.1 Å². The molecule has 0 unspecified atom stereocenters. The molecule has 0 aromatic heterocycles. The van der Waals surface area contributed by atoms with Gasteiger partial charge >= 0.3 is 5.97 Å². The number of nitrogens with one attached hydrogen (secondary N) is 5. The lowest BCUT2D eigenvalue weighted by atomic mass is 9.89. The molecule has 5 aliphatic rings. The van der Waals surface area contributed by atoms with E-state index in [0.717, 1.165) is 48.5 Å². The molecule has 0 fully saturated rings. The van der Waals surface area contributed by atoms with Crippen molar-refractivity contribution >= 4 is 64.6 Å². The quantitative estimate of drug-likeness (QED) is 0.122. The number of halogens is 2. The first-order chi connectivity index (χ1) is 33.6. The maximum absolute atomic E-state index is 15.1. The number of phenols is 4. The fraction of sp³-hybridized carbons (Fsp3) is 0.196. The first-order valence-electron chi connectivity index (χ1n) is 21.0. The number of aliphatic carboxylic acids is 1. The van der Waals surface area contributed by atoms with Crippen LogP contribution in [-0.2, 0) is 33.6 Å². The molecule has 5 aromatic rings. The normalized spacial score (nSPS) is 23.3. The van der Waals surface area contributed by atoms with Gasteiger partial charge < -0.3 is 83.3 Å². The molecule has 8 atom stereocenters. The number of carboxylic acids is 1. The summed E-state index contributed by atoms with van der Waals surface area (Å²) in [6.45, 7) is 0. The number of fused-ring (bicyclic) bond motifs is 15. The van der Waals surface area contributed by atoms with E-state index in [1.54, 1.807) is 0 Å². The Hall–Kier alpha value is -8.35. The van der Waals surface area contributed by atoms with Crippen molar-refractivity contribution in [2.24, 2.45) is 11.5 Å². The van der Waals surface area contributed by atoms with Gasteiger partial charge in [0.15, 0.2) is 17.5 Å². The second-order valence-corrected chi connectivity index (χ2v) is 17.3. The molecule has 11 bridgehead atoms. The summed E-state index contributed by atoms with van der Waals surface area (Å²) < 4.78 is 12.1. The average molecular weight is 1020 g/mol. The predicted molar refractivity (Wildman–Crippen MR) is 244 cm³/mol. The number of benzene rings is 5. The van der Waals surface area contributed by atoms with Gasteiger partial charge in [-0.15, -0.1) is 0 Å². The lowest BCUT2D eigenvalue weighted by Gasteiger charge is -2.31. The van der Waals surface area contributed by atoms with E-state index >= 15 is 4.79 Å². The average Bonchev–Trinajstić information content (AvgIpc) is 3.31. The van der Waals surface area contributed by atoms with E-state index in [1.165, 1.54) is 30.3 Å². The van der Waals surface area contributed by atoms with E-state index in [-0.39, 0.29) is 43.8 Å². The molecule has 10 rings (SSSR count). The molecular formula is C46H39Cl2N7O16. The van der Waals surface area contributed by atoms with Gasteiger partial charge in [-0.1, -0.05) is 41.4 Å². The second kappa shape index (κ2) is 19.2. The highest BCUT2D eigenvalue weighted by molar-refractivity contribution is 6.32. The standard InChI is InChI=1S/C46H39Cl2N7O16/c47-22-8-16-2-5-27(22)70-29-10-18-11-30(40(29)62)71-28-6-3-17(9-23(28)48)39(61)37-45(67)54-36(46(68)69)21-12-19(56)13-26(58)32(21)20-7-15(1-4-25(20)57)34(43(65)55-37)53-44(66)35(18)52-41(63)24(14-31(49)59)51-42(64)33(50)38(16)60/h1-13,24,33-39,56-58,60-62H,14,50H2,(H2,49,59)(H,51,64)(H,52,63)(H,53,66)(H,54,67)(H,55,65)(H,68,69)/t24-,33+,34+,35+,36-,37-,38+,39+/m0/s1. The molecule has 368 valence electrons. The zero-order valence-corrected chi connectivity index (χ0v) is 37.6. The molecule has 6 amide bonds. The molecule has 71 heavy (non-hydrogen) atoms. The Morgan fingerprint density at radius 3 is 1.75 bits per heavy atom. The summed E-state index contributed by atoms with van der Waals surface area (Å²) in [5.74, 6) is -13.7.